The molecule has 0 saturated carbocycles. The third-order valence-electron chi connectivity index (χ3n) is 3.12. The molecule has 0 atom stereocenters. The van der Waals surface area contributed by atoms with Gasteiger partial charge in [0.1, 0.15) is 0 Å². The van der Waals surface area contributed by atoms with Gasteiger partial charge in [-0.1, -0.05) is 29.7 Å². The average molecular weight is 311 g/mol. The van der Waals surface area contributed by atoms with E-state index in [1.54, 1.807) is 35.1 Å². The summed E-state index contributed by atoms with van der Waals surface area (Å²) in [5.41, 5.74) is 2.25. The van der Waals surface area contributed by atoms with E-state index >= 15 is 0 Å². The zero-order valence-electron chi connectivity index (χ0n) is 11.5. The Bertz CT molecular complexity index is 877. The average Bonchev–Trinajstić information content (AvgIpc) is 2.93. The smallest absolute Gasteiger partial charge is 0.288 e. The van der Waals surface area contributed by atoms with Crippen molar-refractivity contribution in [2.75, 3.05) is 6.54 Å². The van der Waals surface area contributed by atoms with E-state index < -0.39 is 0 Å². The summed E-state index contributed by atoms with van der Waals surface area (Å²) in [5.74, 6) is 2.29. The second-order valence-corrected chi connectivity index (χ2v) is 4.95. The van der Waals surface area contributed by atoms with Crippen LogP contribution in [0.15, 0.2) is 42.9 Å². The molecule has 0 bridgehead atoms. The highest BCUT2D eigenvalue weighted by Gasteiger charge is 2.17. The number of aromatic nitrogens is 3. The summed E-state index contributed by atoms with van der Waals surface area (Å²) in [4.78, 5) is 20.7. The number of fused-ring (bicyclic) bond motifs is 1. The zero-order chi connectivity index (χ0) is 15.5. The topological polar surface area (TPSA) is 59.3 Å². The summed E-state index contributed by atoms with van der Waals surface area (Å²) in [5, 5.41) is 3.25. The lowest BCUT2D eigenvalue weighted by molar-refractivity contribution is 0.0948. The van der Waals surface area contributed by atoms with Crippen molar-refractivity contribution in [1.29, 1.82) is 0 Å². The summed E-state index contributed by atoms with van der Waals surface area (Å²) in [6.07, 6.45) is 10.1. The number of nitrogens with one attached hydrogen (secondary N) is 1. The first-order valence-corrected chi connectivity index (χ1v) is 6.88. The number of amides is 1. The molecule has 0 aliphatic rings. The molecule has 6 heteroatoms. The van der Waals surface area contributed by atoms with Gasteiger partial charge in [0.25, 0.3) is 5.91 Å². The maximum Gasteiger partial charge on any atom is 0.288 e. The third-order valence-corrected chi connectivity index (χ3v) is 3.37. The Hall–Kier alpha value is -2.84. The Balaban J connectivity index is 2.14. The summed E-state index contributed by atoms with van der Waals surface area (Å²) in [6.45, 7) is 0.148. The van der Waals surface area contributed by atoms with Gasteiger partial charge in [0.15, 0.2) is 0 Å². The monoisotopic (exact) mass is 310 g/mol. The second kappa shape index (κ2) is 5.88. The minimum Gasteiger partial charge on any atom is -0.338 e. The predicted octanol–water partition coefficient (Wildman–Crippen LogP) is 2.41. The highest BCUT2D eigenvalue weighted by molar-refractivity contribution is 6.30. The van der Waals surface area contributed by atoms with Crippen LogP contribution in [-0.4, -0.2) is 26.8 Å². The fourth-order valence-corrected chi connectivity index (χ4v) is 2.25. The molecule has 22 heavy (non-hydrogen) atoms. The molecule has 2 heterocycles. The van der Waals surface area contributed by atoms with Gasteiger partial charge in [0.2, 0.25) is 5.82 Å². The van der Waals surface area contributed by atoms with Crippen LogP contribution in [0.25, 0.3) is 16.8 Å². The number of nitrogens with zero attached hydrogens (tertiary/aromatic N) is 3. The molecule has 0 aliphatic heterocycles. The predicted molar refractivity (Wildman–Crippen MR) is 84.6 cm³/mol. The fourth-order valence-electron chi connectivity index (χ4n) is 2.13. The van der Waals surface area contributed by atoms with Gasteiger partial charge < -0.3 is 5.32 Å². The molecule has 1 aromatic carbocycles. The van der Waals surface area contributed by atoms with E-state index in [0.717, 1.165) is 11.1 Å². The quantitative estimate of drug-likeness (QED) is 0.756. The van der Waals surface area contributed by atoms with Crippen molar-refractivity contribution in [3.63, 3.8) is 0 Å². The van der Waals surface area contributed by atoms with Gasteiger partial charge in [0, 0.05) is 23.0 Å². The van der Waals surface area contributed by atoms with Gasteiger partial charge in [-0.05, 0) is 12.1 Å². The number of hydrogen-bond acceptors (Lipinski definition) is 3. The summed E-state index contributed by atoms with van der Waals surface area (Å²) in [6, 6.07) is 7.24. The normalized spacial score (nSPS) is 10.4. The van der Waals surface area contributed by atoms with Gasteiger partial charge in [-0.25, -0.2) is 4.98 Å². The molecule has 1 amide bonds. The molecule has 0 aliphatic carbocycles. The number of halogens is 1. The molecule has 0 radical (unpaired) electrons. The van der Waals surface area contributed by atoms with Crippen molar-refractivity contribution in [1.82, 2.24) is 19.7 Å². The van der Waals surface area contributed by atoms with Crippen LogP contribution in [0, 0.1) is 12.3 Å². The first-order valence-electron chi connectivity index (χ1n) is 6.50. The lowest BCUT2D eigenvalue weighted by Crippen LogP contribution is -2.25. The molecule has 0 saturated heterocycles. The lowest BCUT2D eigenvalue weighted by atomic mass is 10.1. The Morgan fingerprint density at radius 2 is 2.14 bits per heavy atom. The van der Waals surface area contributed by atoms with Gasteiger partial charge in [-0.3, -0.25) is 14.2 Å². The fraction of sp³-hybridized carbons (Fsp3) is 0.0625. The second-order valence-electron chi connectivity index (χ2n) is 4.51. The maximum absolute atomic E-state index is 12.2. The van der Waals surface area contributed by atoms with E-state index in [-0.39, 0.29) is 18.3 Å². The van der Waals surface area contributed by atoms with Crippen molar-refractivity contribution in [3.05, 3.63) is 53.7 Å². The minimum absolute atomic E-state index is 0.148. The van der Waals surface area contributed by atoms with E-state index in [4.69, 9.17) is 18.0 Å². The van der Waals surface area contributed by atoms with Crippen molar-refractivity contribution in [2.45, 2.75) is 0 Å². The van der Waals surface area contributed by atoms with E-state index in [0.29, 0.717) is 10.7 Å². The molecule has 0 unspecified atom stereocenters. The van der Waals surface area contributed by atoms with Crippen LogP contribution < -0.4 is 5.32 Å². The Kier molecular flexibility index (Phi) is 3.77. The van der Waals surface area contributed by atoms with Crippen molar-refractivity contribution < 1.29 is 4.79 Å². The lowest BCUT2D eigenvalue weighted by Gasteiger charge is -2.00. The van der Waals surface area contributed by atoms with E-state index in [1.807, 2.05) is 12.1 Å². The minimum atomic E-state index is -0.334. The van der Waals surface area contributed by atoms with Crippen molar-refractivity contribution in [2.24, 2.45) is 0 Å². The molecule has 1 N–H and O–H groups in total. The van der Waals surface area contributed by atoms with Crippen LogP contribution in [0.2, 0.25) is 5.02 Å². The first-order chi connectivity index (χ1) is 10.7. The molecule has 3 aromatic rings. The largest absolute Gasteiger partial charge is 0.338 e. The van der Waals surface area contributed by atoms with Gasteiger partial charge in [-0.2, -0.15) is 0 Å². The van der Waals surface area contributed by atoms with Gasteiger partial charge >= 0.3 is 0 Å². The summed E-state index contributed by atoms with van der Waals surface area (Å²) >= 11 is 5.91. The van der Waals surface area contributed by atoms with Crippen LogP contribution in [-0.2, 0) is 0 Å². The van der Waals surface area contributed by atoms with Crippen LogP contribution >= 0.6 is 11.6 Å². The van der Waals surface area contributed by atoms with E-state index in [9.17, 15) is 4.79 Å². The number of rotatable bonds is 3. The number of imidazole rings is 1. The Morgan fingerprint density at radius 3 is 2.86 bits per heavy atom. The Labute approximate surface area is 132 Å². The number of hydrogen-bond donors (Lipinski definition) is 1. The molecule has 0 spiro atoms. The van der Waals surface area contributed by atoms with Gasteiger partial charge in [-0.15, -0.1) is 6.42 Å². The van der Waals surface area contributed by atoms with Crippen LogP contribution in [0.1, 0.15) is 10.6 Å². The SMILES string of the molecule is C#CCNC(=O)c1nc(-c2ccc(Cl)cc2)c2cnccn12. The molecule has 3 rings (SSSR count). The highest BCUT2D eigenvalue weighted by atomic mass is 35.5. The number of benzene rings is 1. The van der Waals surface area contributed by atoms with E-state index in [1.165, 1.54) is 0 Å². The number of carbonyl (C=O) groups excluding carboxylic acids is 1. The standard InChI is InChI=1S/C16H11ClN4O/c1-2-7-19-16(22)15-20-14(11-3-5-12(17)6-4-11)13-10-18-8-9-21(13)15/h1,3-6,8-10H,7H2,(H,19,22). The molecule has 0 fully saturated rings. The third kappa shape index (κ3) is 2.52. The van der Waals surface area contributed by atoms with Crippen molar-refractivity contribution >= 4 is 23.0 Å². The number of terminal acetylenes is 1. The zero-order valence-corrected chi connectivity index (χ0v) is 12.2. The van der Waals surface area contributed by atoms with Crippen LogP contribution in [0.3, 0.4) is 0 Å². The molecule has 5 nitrogen and oxygen atoms in total. The molecule has 2 aromatic heterocycles. The first kappa shape index (κ1) is 14.1. The van der Waals surface area contributed by atoms with Crippen LogP contribution in [0.5, 0.6) is 0 Å². The summed E-state index contributed by atoms with van der Waals surface area (Å²) < 4.78 is 1.68. The summed E-state index contributed by atoms with van der Waals surface area (Å²) in [7, 11) is 0. The van der Waals surface area contributed by atoms with Crippen LogP contribution in [0.4, 0.5) is 0 Å². The van der Waals surface area contributed by atoms with Crippen molar-refractivity contribution in [3.8, 4) is 23.6 Å². The molecular weight excluding hydrogens is 300 g/mol. The van der Waals surface area contributed by atoms with Gasteiger partial charge in [0.05, 0.1) is 24.0 Å². The highest BCUT2D eigenvalue weighted by Crippen LogP contribution is 2.25. The van der Waals surface area contributed by atoms with E-state index in [2.05, 4.69) is 21.2 Å². The Morgan fingerprint density at radius 1 is 1.36 bits per heavy atom. The molecule has 108 valence electrons. The molecular formula is C16H11ClN4O. The maximum atomic E-state index is 12.2. The number of carbonyl (C=O) groups is 1.